The van der Waals surface area contributed by atoms with Crippen LogP contribution in [0.3, 0.4) is 0 Å². The minimum absolute atomic E-state index is 0.303. The van der Waals surface area contributed by atoms with E-state index in [-0.39, 0.29) is 6.54 Å². The SMILES string of the molecule is CC(C)n1ccc(/C=C2/SC(=O)N(CC(=O)Nc3cccc(Cl)c3)C2=O)c1. The highest BCUT2D eigenvalue weighted by Gasteiger charge is 2.36. The van der Waals surface area contributed by atoms with Crippen LogP contribution in [0.15, 0.2) is 47.6 Å². The number of benzene rings is 1. The number of imide groups is 1. The van der Waals surface area contributed by atoms with Crippen LogP contribution in [0, 0.1) is 0 Å². The highest BCUT2D eigenvalue weighted by molar-refractivity contribution is 8.18. The molecule has 0 saturated carbocycles. The maximum absolute atomic E-state index is 12.5. The van der Waals surface area contributed by atoms with Crippen LogP contribution < -0.4 is 5.32 Å². The molecule has 0 unspecified atom stereocenters. The highest BCUT2D eigenvalue weighted by Crippen LogP contribution is 2.32. The molecule has 0 bridgehead atoms. The second-order valence-corrected chi connectivity index (χ2v) is 7.74. The summed E-state index contributed by atoms with van der Waals surface area (Å²) in [7, 11) is 0. The van der Waals surface area contributed by atoms with Gasteiger partial charge >= 0.3 is 0 Å². The first-order chi connectivity index (χ1) is 12.8. The van der Waals surface area contributed by atoms with Crippen molar-refractivity contribution in [1.82, 2.24) is 9.47 Å². The third-order valence-electron chi connectivity index (χ3n) is 3.91. The van der Waals surface area contributed by atoms with Crippen LogP contribution in [-0.4, -0.2) is 33.1 Å². The Kier molecular flexibility index (Phi) is 5.72. The summed E-state index contributed by atoms with van der Waals surface area (Å²) in [5.74, 6) is -0.935. The lowest BCUT2D eigenvalue weighted by Crippen LogP contribution is -2.36. The van der Waals surface area contributed by atoms with Gasteiger partial charge in [0.25, 0.3) is 11.1 Å². The Hall–Kier alpha value is -2.51. The molecule has 1 aromatic heterocycles. The topological polar surface area (TPSA) is 71.4 Å². The molecule has 1 fully saturated rings. The van der Waals surface area contributed by atoms with Crippen LogP contribution in [0.25, 0.3) is 6.08 Å². The lowest BCUT2D eigenvalue weighted by atomic mass is 10.3. The maximum Gasteiger partial charge on any atom is 0.294 e. The number of thioether (sulfide) groups is 1. The molecule has 3 amide bonds. The largest absolute Gasteiger partial charge is 0.351 e. The molecule has 2 aromatic rings. The first-order valence-corrected chi connectivity index (χ1v) is 9.51. The minimum atomic E-state index is -0.469. The van der Waals surface area contributed by atoms with Crippen molar-refractivity contribution >= 4 is 52.2 Å². The van der Waals surface area contributed by atoms with E-state index >= 15 is 0 Å². The van der Waals surface area contributed by atoms with Gasteiger partial charge in [0, 0.05) is 29.1 Å². The number of carbonyl (C=O) groups excluding carboxylic acids is 3. The number of nitrogens with one attached hydrogen (secondary N) is 1. The van der Waals surface area contributed by atoms with Gasteiger partial charge in [0.05, 0.1) is 4.91 Å². The molecule has 1 aromatic carbocycles. The summed E-state index contributed by atoms with van der Waals surface area (Å²) in [4.78, 5) is 38.1. The molecule has 27 heavy (non-hydrogen) atoms. The summed E-state index contributed by atoms with van der Waals surface area (Å²) in [5.41, 5.74) is 1.34. The maximum atomic E-state index is 12.5. The summed E-state index contributed by atoms with van der Waals surface area (Å²) >= 11 is 6.71. The molecule has 0 atom stereocenters. The van der Waals surface area contributed by atoms with Gasteiger partial charge in [-0.3, -0.25) is 19.3 Å². The average Bonchev–Trinajstić information content (AvgIpc) is 3.16. The molecule has 1 N–H and O–H groups in total. The number of rotatable bonds is 5. The second kappa shape index (κ2) is 8.02. The Morgan fingerprint density at radius 3 is 2.74 bits per heavy atom. The fourth-order valence-corrected chi connectivity index (χ4v) is 3.56. The van der Waals surface area contributed by atoms with Crippen LogP contribution in [0.2, 0.25) is 5.02 Å². The predicted octanol–water partition coefficient (Wildman–Crippen LogP) is 4.40. The van der Waals surface area contributed by atoms with E-state index in [0.717, 1.165) is 22.2 Å². The van der Waals surface area contributed by atoms with Crippen molar-refractivity contribution in [3.63, 3.8) is 0 Å². The van der Waals surface area contributed by atoms with Gasteiger partial charge in [-0.05, 0) is 61.5 Å². The van der Waals surface area contributed by atoms with Crippen LogP contribution in [0.5, 0.6) is 0 Å². The highest BCUT2D eigenvalue weighted by atomic mass is 35.5. The zero-order valence-corrected chi connectivity index (χ0v) is 16.4. The minimum Gasteiger partial charge on any atom is -0.351 e. The van der Waals surface area contributed by atoms with Gasteiger partial charge in [0.15, 0.2) is 0 Å². The Labute approximate surface area is 166 Å². The molecule has 1 aliphatic heterocycles. The molecule has 1 aliphatic rings. The summed E-state index contributed by atoms with van der Waals surface area (Å²) in [6.45, 7) is 3.76. The van der Waals surface area contributed by atoms with Gasteiger partial charge in [-0.2, -0.15) is 0 Å². The number of hydrogen-bond donors (Lipinski definition) is 1. The van der Waals surface area contributed by atoms with Crippen molar-refractivity contribution in [3.05, 3.63) is 58.2 Å². The molecule has 6 nitrogen and oxygen atoms in total. The van der Waals surface area contributed by atoms with Crippen molar-refractivity contribution in [2.45, 2.75) is 19.9 Å². The average molecular weight is 404 g/mol. The van der Waals surface area contributed by atoms with E-state index < -0.39 is 17.1 Å². The Balaban J connectivity index is 1.68. The molecule has 2 heterocycles. The van der Waals surface area contributed by atoms with Gasteiger partial charge in [-0.15, -0.1) is 0 Å². The van der Waals surface area contributed by atoms with Gasteiger partial charge < -0.3 is 9.88 Å². The second-order valence-electron chi connectivity index (χ2n) is 6.31. The summed E-state index contributed by atoms with van der Waals surface area (Å²) in [6.07, 6.45) is 5.49. The molecule has 1 saturated heterocycles. The van der Waals surface area contributed by atoms with E-state index in [9.17, 15) is 14.4 Å². The van der Waals surface area contributed by atoms with Gasteiger partial charge in [0.2, 0.25) is 5.91 Å². The van der Waals surface area contributed by atoms with Crippen molar-refractivity contribution < 1.29 is 14.4 Å². The molecule has 0 radical (unpaired) electrons. The van der Waals surface area contributed by atoms with E-state index in [2.05, 4.69) is 19.2 Å². The standard InChI is InChI=1S/C19H18ClN3O3S/c1-12(2)22-7-6-13(10-22)8-16-18(25)23(19(26)27-16)11-17(24)21-15-5-3-4-14(20)9-15/h3-10,12H,11H2,1-2H3,(H,21,24)/b16-8+. The molecule has 140 valence electrons. The molecular weight excluding hydrogens is 386 g/mol. The van der Waals surface area contributed by atoms with E-state index in [4.69, 9.17) is 11.6 Å². The van der Waals surface area contributed by atoms with Crippen molar-refractivity contribution in [2.75, 3.05) is 11.9 Å². The predicted molar refractivity (Wildman–Crippen MR) is 108 cm³/mol. The monoisotopic (exact) mass is 403 g/mol. The van der Waals surface area contributed by atoms with Crippen LogP contribution >= 0.6 is 23.4 Å². The zero-order valence-electron chi connectivity index (χ0n) is 14.8. The van der Waals surface area contributed by atoms with Crippen molar-refractivity contribution in [2.24, 2.45) is 0 Å². The third kappa shape index (κ3) is 4.61. The quantitative estimate of drug-likeness (QED) is 0.751. The molecular formula is C19H18ClN3O3S. The van der Waals surface area contributed by atoms with Crippen LogP contribution in [0.4, 0.5) is 10.5 Å². The van der Waals surface area contributed by atoms with Crippen LogP contribution in [-0.2, 0) is 9.59 Å². The lowest BCUT2D eigenvalue weighted by molar-refractivity contribution is -0.127. The Morgan fingerprint density at radius 1 is 1.30 bits per heavy atom. The van der Waals surface area contributed by atoms with Crippen LogP contribution in [0.1, 0.15) is 25.5 Å². The summed E-state index contributed by atoms with van der Waals surface area (Å²) < 4.78 is 2.01. The number of nitrogens with zero attached hydrogens (tertiary/aromatic N) is 2. The van der Waals surface area contributed by atoms with Gasteiger partial charge in [0.1, 0.15) is 6.54 Å². The third-order valence-corrected chi connectivity index (χ3v) is 5.06. The normalized spacial score (nSPS) is 15.9. The first kappa shape index (κ1) is 19.3. The number of hydrogen-bond acceptors (Lipinski definition) is 4. The number of carbonyl (C=O) groups is 3. The first-order valence-electron chi connectivity index (χ1n) is 8.32. The molecule has 0 spiro atoms. The number of anilines is 1. The Morgan fingerprint density at radius 2 is 2.07 bits per heavy atom. The molecule has 8 heteroatoms. The number of halogens is 1. The van der Waals surface area contributed by atoms with Gasteiger partial charge in [-0.25, -0.2) is 0 Å². The molecule has 3 rings (SSSR count). The van der Waals surface area contributed by atoms with E-state index in [0.29, 0.717) is 21.7 Å². The lowest BCUT2D eigenvalue weighted by Gasteiger charge is -2.12. The Bertz CT molecular complexity index is 936. The summed E-state index contributed by atoms with van der Waals surface area (Å²) in [6, 6.07) is 8.83. The zero-order chi connectivity index (χ0) is 19.6. The molecule has 0 aliphatic carbocycles. The summed E-state index contributed by atoms with van der Waals surface area (Å²) in [5, 5.41) is 2.65. The van der Waals surface area contributed by atoms with Crippen molar-refractivity contribution in [3.8, 4) is 0 Å². The van der Waals surface area contributed by atoms with Crippen molar-refractivity contribution in [1.29, 1.82) is 0 Å². The number of amides is 3. The fourth-order valence-electron chi connectivity index (χ4n) is 2.53. The van der Waals surface area contributed by atoms with E-state index in [1.165, 1.54) is 0 Å². The van der Waals surface area contributed by atoms with E-state index in [1.54, 1.807) is 30.3 Å². The smallest absolute Gasteiger partial charge is 0.294 e. The number of aromatic nitrogens is 1. The van der Waals surface area contributed by atoms with E-state index in [1.807, 2.05) is 23.0 Å². The fraction of sp³-hybridized carbons (Fsp3) is 0.211. The van der Waals surface area contributed by atoms with Gasteiger partial charge in [-0.1, -0.05) is 17.7 Å².